The van der Waals surface area contributed by atoms with Gasteiger partial charge in [0.2, 0.25) is 0 Å². The fourth-order valence-corrected chi connectivity index (χ4v) is 2.81. The number of rotatable bonds is 11. The number of sulfone groups is 1. The van der Waals surface area contributed by atoms with E-state index in [9.17, 15) is 13.2 Å². The molecule has 6 heteroatoms. The number of ether oxygens (including phenoxy) is 2. The van der Waals surface area contributed by atoms with Gasteiger partial charge in [-0.3, -0.25) is 4.79 Å². The average molecular weight is 280 g/mol. The Morgan fingerprint density at radius 2 is 1.67 bits per heavy atom. The lowest BCUT2D eigenvalue weighted by Crippen LogP contribution is -2.14. The minimum absolute atomic E-state index is 0.171. The summed E-state index contributed by atoms with van der Waals surface area (Å²) in [6, 6.07) is 0. The number of unbranched alkanes of at least 4 members (excludes halogenated alkanes) is 2. The van der Waals surface area contributed by atoms with E-state index in [0.717, 1.165) is 19.3 Å². The molecule has 0 N–H and O–H groups in total. The number of carbonyl (C=O) groups excluding carboxylic acids is 1. The van der Waals surface area contributed by atoms with Crippen LogP contribution in [0.3, 0.4) is 0 Å². The van der Waals surface area contributed by atoms with Crippen LogP contribution < -0.4 is 0 Å². The number of hydrogen-bond acceptors (Lipinski definition) is 5. The van der Waals surface area contributed by atoms with Crippen LogP contribution in [0.4, 0.5) is 0 Å². The van der Waals surface area contributed by atoms with Crippen LogP contribution in [0.25, 0.3) is 0 Å². The molecule has 0 radical (unpaired) electrons. The first-order valence-electron chi connectivity index (χ1n) is 6.39. The highest BCUT2D eigenvalue weighted by molar-refractivity contribution is 7.91. The first-order valence-corrected chi connectivity index (χ1v) is 8.21. The van der Waals surface area contributed by atoms with Crippen molar-refractivity contribution in [2.24, 2.45) is 0 Å². The summed E-state index contributed by atoms with van der Waals surface area (Å²) in [6.07, 6.45) is 3.22. The van der Waals surface area contributed by atoms with Gasteiger partial charge in [-0.05, 0) is 12.8 Å². The standard InChI is InChI=1S/C12H24O5S/c1-3-4-5-10-18(14,15)11-6-7-16-8-9-17-12(2)13/h3-11H2,1-2H3. The highest BCUT2D eigenvalue weighted by atomic mass is 32.2. The Balaban J connectivity index is 3.44. The van der Waals surface area contributed by atoms with Crippen molar-refractivity contribution < 1.29 is 22.7 Å². The van der Waals surface area contributed by atoms with Crippen molar-refractivity contribution in [1.29, 1.82) is 0 Å². The third-order valence-electron chi connectivity index (χ3n) is 2.34. The van der Waals surface area contributed by atoms with E-state index in [2.05, 4.69) is 4.74 Å². The van der Waals surface area contributed by atoms with Crippen LogP contribution in [0.2, 0.25) is 0 Å². The number of esters is 1. The van der Waals surface area contributed by atoms with E-state index in [1.165, 1.54) is 6.92 Å². The van der Waals surface area contributed by atoms with E-state index in [0.29, 0.717) is 19.6 Å². The summed E-state index contributed by atoms with van der Waals surface area (Å²) in [5.74, 6) is 0.107. The van der Waals surface area contributed by atoms with E-state index in [4.69, 9.17) is 4.74 Å². The molecular weight excluding hydrogens is 256 g/mol. The zero-order valence-corrected chi connectivity index (χ0v) is 12.1. The molecule has 0 saturated heterocycles. The van der Waals surface area contributed by atoms with Gasteiger partial charge < -0.3 is 9.47 Å². The highest BCUT2D eigenvalue weighted by Gasteiger charge is 2.09. The Hall–Kier alpha value is -0.620. The first kappa shape index (κ1) is 17.4. The Labute approximate surface area is 110 Å². The maximum Gasteiger partial charge on any atom is 0.302 e. The molecule has 0 aliphatic heterocycles. The molecule has 0 saturated carbocycles. The highest BCUT2D eigenvalue weighted by Crippen LogP contribution is 2.02. The monoisotopic (exact) mass is 280 g/mol. The van der Waals surface area contributed by atoms with Gasteiger partial charge in [0.25, 0.3) is 0 Å². The minimum atomic E-state index is -2.93. The van der Waals surface area contributed by atoms with Crippen LogP contribution in [-0.2, 0) is 24.1 Å². The molecule has 108 valence electrons. The summed E-state index contributed by atoms with van der Waals surface area (Å²) < 4.78 is 33.0. The van der Waals surface area contributed by atoms with Gasteiger partial charge >= 0.3 is 5.97 Å². The third-order valence-corrected chi connectivity index (χ3v) is 4.16. The smallest absolute Gasteiger partial charge is 0.302 e. The van der Waals surface area contributed by atoms with E-state index < -0.39 is 9.84 Å². The quantitative estimate of drug-likeness (QED) is 0.424. The zero-order chi connectivity index (χ0) is 13.9. The normalized spacial score (nSPS) is 11.4. The van der Waals surface area contributed by atoms with Gasteiger partial charge in [0.15, 0.2) is 0 Å². The molecule has 0 heterocycles. The Morgan fingerprint density at radius 1 is 1.00 bits per heavy atom. The van der Waals surface area contributed by atoms with Crippen molar-refractivity contribution in [3.63, 3.8) is 0 Å². The van der Waals surface area contributed by atoms with Crippen LogP contribution in [0.1, 0.15) is 39.5 Å². The van der Waals surface area contributed by atoms with Gasteiger partial charge in [-0.15, -0.1) is 0 Å². The molecule has 0 aromatic carbocycles. The van der Waals surface area contributed by atoms with Gasteiger partial charge in [0, 0.05) is 13.5 Å². The van der Waals surface area contributed by atoms with Crippen molar-refractivity contribution in [3.05, 3.63) is 0 Å². The van der Waals surface area contributed by atoms with Crippen molar-refractivity contribution in [2.45, 2.75) is 39.5 Å². The van der Waals surface area contributed by atoms with Crippen molar-refractivity contribution in [2.75, 3.05) is 31.3 Å². The fraction of sp³-hybridized carbons (Fsp3) is 0.917. The SMILES string of the molecule is CCCCCS(=O)(=O)CCCOCCOC(C)=O. The maximum atomic E-state index is 11.6. The lowest BCUT2D eigenvalue weighted by atomic mass is 10.3. The molecule has 0 unspecified atom stereocenters. The van der Waals surface area contributed by atoms with Gasteiger partial charge in [-0.25, -0.2) is 8.42 Å². The van der Waals surface area contributed by atoms with E-state index in [1.54, 1.807) is 0 Å². The second-order valence-electron chi connectivity index (χ2n) is 4.16. The van der Waals surface area contributed by atoms with Crippen LogP contribution in [-0.4, -0.2) is 45.7 Å². The van der Waals surface area contributed by atoms with Crippen LogP contribution in [0.15, 0.2) is 0 Å². The summed E-state index contributed by atoms with van der Waals surface area (Å²) in [5.41, 5.74) is 0. The summed E-state index contributed by atoms with van der Waals surface area (Å²) in [7, 11) is -2.93. The Bertz CT molecular complexity index is 310. The second kappa shape index (κ2) is 10.3. The first-order chi connectivity index (χ1) is 8.48. The summed E-state index contributed by atoms with van der Waals surface area (Å²) >= 11 is 0. The number of hydrogen-bond donors (Lipinski definition) is 0. The topological polar surface area (TPSA) is 69.7 Å². The van der Waals surface area contributed by atoms with Crippen molar-refractivity contribution in [1.82, 2.24) is 0 Å². The average Bonchev–Trinajstić information content (AvgIpc) is 2.27. The van der Waals surface area contributed by atoms with Crippen molar-refractivity contribution in [3.8, 4) is 0 Å². The van der Waals surface area contributed by atoms with E-state index in [-0.39, 0.29) is 24.1 Å². The molecule has 0 atom stereocenters. The minimum Gasteiger partial charge on any atom is -0.463 e. The molecule has 0 fully saturated rings. The molecular formula is C12H24O5S. The molecule has 0 rings (SSSR count). The van der Waals surface area contributed by atoms with Crippen LogP contribution in [0, 0.1) is 0 Å². The predicted molar refractivity (Wildman–Crippen MR) is 70.2 cm³/mol. The largest absolute Gasteiger partial charge is 0.463 e. The molecule has 0 aromatic rings. The summed E-state index contributed by atoms with van der Waals surface area (Å²) in [5, 5.41) is 0. The van der Waals surface area contributed by atoms with Crippen LogP contribution >= 0.6 is 0 Å². The summed E-state index contributed by atoms with van der Waals surface area (Å²) in [6.45, 7) is 4.30. The zero-order valence-electron chi connectivity index (χ0n) is 11.3. The molecule has 0 aliphatic carbocycles. The second-order valence-corrected chi connectivity index (χ2v) is 6.47. The lowest BCUT2D eigenvalue weighted by Gasteiger charge is -2.05. The van der Waals surface area contributed by atoms with Gasteiger partial charge in [0.05, 0.1) is 18.1 Å². The molecule has 5 nitrogen and oxygen atoms in total. The fourth-order valence-electron chi connectivity index (χ4n) is 1.40. The van der Waals surface area contributed by atoms with Gasteiger partial charge in [-0.1, -0.05) is 19.8 Å². The molecule has 0 aliphatic rings. The summed E-state index contributed by atoms with van der Waals surface area (Å²) in [4.78, 5) is 10.4. The predicted octanol–water partition coefficient (Wildman–Crippen LogP) is 1.56. The molecule has 18 heavy (non-hydrogen) atoms. The lowest BCUT2D eigenvalue weighted by molar-refractivity contribution is -0.142. The van der Waals surface area contributed by atoms with Gasteiger partial charge in [0.1, 0.15) is 16.4 Å². The van der Waals surface area contributed by atoms with Crippen LogP contribution in [0.5, 0.6) is 0 Å². The van der Waals surface area contributed by atoms with Crippen molar-refractivity contribution >= 4 is 15.8 Å². The third kappa shape index (κ3) is 11.9. The Morgan fingerprint density at radius 3 is 2.28 bits per heavy atom. The molecule has 0 bridgehead atoms. The molecule has 0 amide bonds. The Kier molecular flexibility index (Phi) is 9.96. The van der Waals surface area contributed by atoms with Gasteiger partial charge in [-0.2, -0.15) is 0 Å². The maximum absolute atomic E-state index is 11.6. The molecule has 0 spiro atoms. The molecule has 0 aromatic heterocycles. The van der Waals surface area contributed by atoms with E-state index >= 15 is 0 Å². The van der Waals surface area contributed by atoms with E-state index in [1.807, 2.05) is 6.92 Å². The number of carbonyl (C=O) groups is 1.